The fourth-order valence-electron chi connectivity index (χ4n) is 1.69. The first kappa shape index (κ1) is 9.68. The van der Waals surface area contributed by atoms with Gasteiger partial charge in [-0.15, -0.1) is 0 Å². The Bertz CT molecular complexity index is 170. The Labute approximate surface area is 73.9 Å². The third-order valence-corrected chi connectivity index (χ3v) is 2.63. The Kier molecular flexibility index (Phi) is 3.23. The number of nitrogens with two attached hydrogens (primary N) is 1. The molecule has 0 aliphatic carbocycles. The molecule has 0 aromatic heterocycles. The van der Waals surface area contributed by atoms with Crippen molar-refractivity contribution in [3.05, 3.63) is 0 Å². The third-order valence-electron chi connectivity index (χ3n) is 2.63. The number of hydrogen-bond donors (Lipinski definition) is 1. The molecule has 0 aromatic rings. The highest BCUT2D eigenvalue weighted by Crippen LogP contribution is 2.18. The summed E-state index contributed by atoms with van der Waals surface area (Å²) in [5.74, 6) is 0.636. The van der Waals surface area contributed by atoms with Crippen molar-refractivity contribution in [3.63, 3.8) is 0 Å². The van der Waals surface area contributed by atoms with Gasteiger partial charge in [0.15, 0.2) is 0 Å². The molecule has 2 atom stereocenters. The van der Waals surface area contributed by atoms with Crippen molar-refractivity contribution in [2.75, 3.05) is 26.7 Å². The van der Waals surface area contributed by atoms with Gasteiger partial charge >= 0.3 is 0 Å². The van der Waals surface area contributed by atoms with Crippen LogP contribution in [0.1, 0.15) is 13.3 Å². The van der Waals surface area contributed by atoms with E-state index in [1.807, 2.05) is 6.92 Å². The van der Waals surface area contributed by atoms with Crippen molar-refractivity contribution in [1.29, 1.82) is 0 Å². The van der Waals surface area contributed by atoms with Crippen LogP contribution < -0.4 is 5.73 Å². The fourth-order valence-corrected chi connectivity index (χ4v) is 1.69. The number of rotatable bonds is 3. The van der Waals surface area contributed by atoms with Crippen molar-refractivity contribution in [2.45, 2.75) is 13.3 Å². The van der Waals surface area contributed by atoms with Gasteiger partial charge in [-0.2, -0.15) is 0 Å². The van der Waals surface area contributed by atoms with E-state index in [9.17, 15) is 4.79 Å². The molecule has 1 aliphatic heterocycles. The second-order valence-electron chi connectivity index (χ2n) is 3.79. The summed E-state index contributed by atoms with van der Waals surface area (Å²) >= 11 is 0. The molecule has 2 N–H and O–H groups in total. The Morgan fingerprint density at radius 1 is 1.75 bits per heavy atom. The summed E-state index contributed by atoms with van der Waals surface area (Å²) in [7, 11) is 2.06. The molecule has 0 radical (unpaired) electrons. The molecule has 1 aliphatic rings. The Morgan fingerprint density at radius 3 is 2.83 bits per heavy atom. The molecule has 0 spiro atoms. The molecule has 2 unspecified atom stereocenters. The van der Waals surface area contributed by atoms with Crippen molar-refractivity contribution in [1.82, 2.24) is 4.90 Å². The van der Waals surface area contributed by atoms with E-state index in [0.717, 1.165) is 19.5 Å². The van der Waals surface area contributed by atoms with Crippen LogP contribution in [0.4, 0.5) is 0 Å². The van der Waals surface area contributed by atoms with Gasteiger partial charge in [-0.1, -0.05) is 6.92 Å². The van der Waals surface area contributed by atoms with Gasteiger partial charge in [-0.05, 0) is 20.0 Å². The van der Waals surface area contributed by atoms with E-state index in [-0.39, 0.29) is 11.8 Å². The lowest BCUT2D eigenvalue weighted by molar-refractivity contribution is -0.125. The van der Waals surface area contributed by atoms with Crippen LogP contribution in [0.5, 0.6) is 0 Å². The van der Waals surface area contributed by atoms with Gasteiger partial charge in [0.1, 0.15) is 5.78 Å². The molecule has 3 nitrogen and oxygen atoms in total. The highest BCUT2D eigenvalue weighted by molar-refractivity contribution is 5.83. The Balaban J connectivity index is 2.43. The average molecular weight is 170 g/mol. The molecule has 1 saturated heterocycles. The van der Waals surface area contributed by atoms with Crippen LogP contribution in [0.3, 0.4) is 0 Å². The summed E-state index contributed by atoms with van der Waals surface area (Å²) in [6.45, 7) is 4.37. The molecule has 1 fully saturated rings. The van der Waals surface area contributed by atoms with E-state index in [2.05, 4.69) is 11.9 Å². The maximum atomic E-state index is 11.6. The van der Waals surface area contributed by atoms with Crippen molar-refractivity contribution in [3.8, 4) is 0 Å². The van der Waals surface area contributed by atoms with Gasteiger partial charge < -0.3 is 10.6 Å². The second kappa shape index (κ2) is 4.01. The van der Waals surface area contributed by atoms with Gasteiger partial charge in [0.2, 0.25) is 0 Å². The van der Waals surface area contributed by atoms with Crippen LogP contribution in [-0.2, 0) is 4.79 Å². The topological polar surface area (TPSA) is 46.3 Å². The van der Waals surface area contributed by atoms with E-state index in [0.29, 0.717) is 12.3 Å². The molecule has 12 heavy (non-hydrogen) atoms. The number of carbonyl (C=O) groups excluding carboxylic acids is 1. The predicted molar refractivity (Wildman–Crippen MR) is 48.8 cm³/mol. The van der Waals surface area contributed by atoms with Crippen molar-refractivity contribution in [2.24, 2.45) is 17.6 Å². The normalized spacial score (nSPS) is 27.4. The number of likely N-dealkylation sites (tertiary alicyclic amines) is 1. The zero-order valence-corrected chi connectivity index (χ0v) is 7.92. The lowest BCUT2D eigenvalue weighted by Gasteiger charge is -2.13. The van der Waals surface area contributed by atoms with Gasteiger partial charge in [0.25, 0.3) is 0 Å². The highest BCUT2D eigenvalue weighted by atomic mass is 16.1. The Morgan fingerprint density at radius 2 is 2.42 bits per heavy atom. The zero-order chi connectivity index (χ0) is 9.14. The molecular weight excluding hydrogens is 152 g/mol. The smallest absolute Gasteiger partial charge is 0.141 e. The highest BCUT2D eigenvalue weighted by Gasteiger charge is 2.28. The van der Waals surface area contributed by atoms with Crippen molar-refractivity contribution < 1.29 is 4.79 Å². The summed E-state index contributed by atoms with van der Waals surface area (Å²) in [5, 5.41) is 0. The van der Waals surface area contributed by atoms with E-state index >= 15 is 0 Å². The van der Waals surface area contributed by atoms with Gasteiger partial charge in [-0.25, -0.2) is 0 Å². The average Bonchev–Trinajstić information content (AvgIpc) is 2.49. The van der Waals surface area contributed by atoms with Crippen LogP contribution in [0, 0.1) is 11.8 Å². The molecule has 1 rings (SSSR count). The maximum Gasteiger partial charge on any atom is 0.141 e. The number of carbonyl (C=O) groups is 1. The minimum Gasteiger partial charge on any atom is -0.330 e. The SMILES string of the molecule is CC(CN)C(=O)C1CCN(C)C1. The molecule has 0 aromatic carbocycles. The quantitative estimate of drug-likeness (QED) is 0.653. The first-order chi connectivity index (χ1) is 5.65. The molecule has 0 saturated carbocycles. The summed E-state index contributed by atoms with van der Waals surface area (Å²) < 4.78 is 0. The van der Waals surface area contributed by atoms with E-state index in [1.165, 1.54) is 0 Å². The minimum atomic E-state index is 0.0431. The van der Waals surface area contributed by atoms with Crippen molar-refractivity contribution >= 4 is 5.78 Å². The summed E-state index contributed by atoms with van der Waals surface area (Å²) in [6, 6.07) is 0. The van der Waals surface area contributed by atoms with Crippen LogP contribution in [-0.4, -0.2) is 37.4 Å². The van der Waals surface area contributed by atoms with Gasteiger partial charge in [0, 0.05) is 24.9 Å². The van der Waals surface area contributed by atoms with Crippen LogP contribution in [0.25, 0.3) is 0 Å². The standard InChI is InChI=1S/C9H18N2O/c1-7(5-10)9(12)8-3-4-11(2)6-8/h7-8H,3-6,10H2,1-2H3. The number of hydrogen-bond acceptors (Lipinski definition) is 3. The largest absolute Gasteiger partial charge is 0.330 e. The molecular formula is C9H18N2O. The molecule has 70 valence electrons. The summed E-state index contributed by atoms with van der Waals surface area (Å²) in [6.07, 6.45) is 1.01. The number of nitrogens with zero attached hydrogens (tertiary/aromatic N) is 1. The lowest BCUT2D eigenvalue weighted by Crippen LogP contribution is -2.28. The zero-order valence-electron chi connectivity index (χ0n) is 7.92. The van der Waals surface area contributed by atoms with Gasteiger partial charge in [0.05, 0.1) is 0 Å². The lowest BCUT2D eigenvalue weighted by atomic mass is 9.93. The summed E-state index contributed by atoms with van der Waals surface area (Å²) in [5.41, 5.74) is 5.44. The third kappa shape index (κ3) is 2.05. The number of ketones is 1. The molecule has 0 amide bonds. The second-order valence-corrected chi connectivity index (χ2v) is 3.79. The fraction of sp³-hybridized carbons (Fsp3) is 0.889. The molecule has 0 bridgehead atoms. The first-order valence-corrected chi connectivity index (χ1v) is 4.57. The number of Topliss-reactive ketones (excluding diaryl/α,β-unsaturated/α-hetero) is 1. The van der Waals surface area contributed by atoms with E-state index in [4.69, 9.17) is 5.73 Å². The maximum absolute atomic E-state index is 11.6. The minimum absolute atomic E-state index is 0.0431. The van der Waals surface area contributed by atoms with Gasteiger partial charge in [-0.3, -0.25) is 4.79 Å². The Hall–Kier alpha value is -0.410. The molecule has 3 heteroatoms. The van der Waals surface area contributed by atoms with Crippen LogP contribution in [0.2, 0.25) is 0 Å². The van der Waals surface area contributed by atoms with E-state index < -0.39 is 0 Å². The first-order valence-electron chi connectivity index (χ1n) is 4.57. The van der Waals surface area contributed by atoms with Crippen LogP contribution >= 0.6 is 0 Å². The monoisotopic (exact) mass is 170 g/mol. The summed E-state index contributed by atoms with van der Waals surface area (Å²) in [4.78, 5) is 13.8. The van der Waals surface area contributed by atoms with Crippen LogP contribution in [0.15, 0.2) is 0 Å². The van der Waals surface area contributed by atoms with E-state index in [1.54, 1.807) is 0 Å². The molecule has 1 heterocycles. The predicted octanol–water partition coefficient (Wildman–Crippen LogP) is 0.102.